The molecule has 0 radical (unpaired) electrons. The molecule has 1 aromatic carbocycles. The number of pyridine rings is 1. The summed E-state index contributed by atoms with van der Waals surface area (Å²) in [4.78, 5) is 40.1. The number of ether oxygens (including phenoxy) is 3. The highest BCUT2D eigenvalue weighted by Crippen LogP contribution is 2.27. The van der Waals surface area contributed by atoms with Crippen LogP contribution in [0.2, 0.25) is 0 Å². The second-order valence-electron chi connectivity index (χ2n) is 9.49. The molecule has 11 heteroatoms. The fourth-order valence-corrected chi connectivity index (χ4v) is 4.09. The molecule has 0 spiro atoms. The molecule has 2 aromatic heterocycles. The second kappa shape index (κ2) is 13.6. The van der Waals surface area contributed by atoms with E-state index >= 15 is 0 Å². The van der Waals surface area contributed by atoms with Gasteiger partial charge in [0.05, 0.1) is 25.5 Å². The van der Waals surface area contributed by atoms with Gasteiger partial charge in [0.15, 0.2) is 11.3 Å². The number of hydrogen-bond donors (Lipinski definition) is 2. The average Bonchev–Trinajstić information content (AvgIpc) is 3.41. The predicted octanol–water partition coefficient (Wildman–Crippen LogP) is 2.76. The van der Waals surface area contributed by atoms with E-state index in [4.69, 9.17) is 14.2 Å². The van der Waals surface area contributed by atoms with Crippen molar-refractivity contribution in [2.75, 3.05) is 32.2 Å². The Morgan fingerprint density at radius 1 is 1.21 bits per heavy atom. The molecular formula is C28H35N5O6. The van der Waals surface area contributed by atoms with Gasteiger partial charge < -0.3 is 29.4 Å². The van der Waals surface area contributed by atoms with E-state index in [1.54, 1.807) is 23.3 Å². The van der Waals surface area contributed by atoms with Crippen LogP contribution >= 0.6 is 0 Å². The van der Waals surface area contributed by atoms with Crippen LogP contribution in [-0.4, -0.2) is 70.5 Å². The van der Waals surface area contributed by atoms with Gasteiger partial charge in [-0.25, -0.2) is 0 Å². The Hall–Kier alpha value is -4.12. The monoisotopic (exact) mass is 537 g/mol. The summed E-state index contributed by atoms with van der Waals surface area (Å²) in [5.74, 6) is 1.14. The summed E-state index contributed by atoms with van der Waals surface area (Å²) in [5.41, 5.74) is 1.71. The first-order valence-corrected chi connectivity index (χ1v) is 13.1. The topological polar surface area (TPSA) is 128 Å². The number of methoxy groups -OCH3 is 1. The van der Waals surface area contributed by atoms with Crippen molar-refractivity contribution in [2.24, 2.45) is 0 Å². The van der Waals surface area contributed by atoms with Crippen molar-refractivity contribution >= 4 is 17.5 Å². The van der Waals surface area contributed by atoms with Gasteiger partial charge in [0.2, 0.25) is 5.91 Å². The van der Waals surface area contributed by atoms with E-state index in [0.717, 1.165) is 31.4 Å². The number of amides is 2. The maximum Gasteiger partial charge on any atom is 0.253 e. The zero-order valence-electron chi connectivity index (χ0n) is 22.3. The number of nitrogens with one attached hydrogen (secondary N) is 2. The molecule has 1 atom stereocenters. The summed E-state index contributed by atoms with van der Waals surface area (Å²) in [6, 6.07) is 11.0. The molecule has 2 fully saturated rings. The number of nitrogens with zero attached hydrogens (tertiary/aromatic N) is 3. The SMILES string of the molecule is COc1cc(=O)cc[nH]1.Cc1ccc(OCCN(C(=O)Cn2cc(NC(=O)C3CCCO3)cn2)C2CC2)cc1. The highest BCUT2D eigenvalue weighted by molar-refractivity contribution is 5.94. The lowest BCUT2D eigenvalue weighted by molar-refractivity contribution is -0.133. The molecule has 3 heterocycles. The molecule has 39 heavy (non-hydrogen) atoms. The van der Waals surface area contributed by atoms with Crippen LogP contribution < -0.4 is 20.2 Å². The molecule has 11 nitrogen and oxygen atoms in total. The number of carbonyl (C=O) groups excluding carboxylic acids is 2. The van der Waals surface area contributed by atoms with Crippen molar-refractivity contribution < 1.29 is 23.8 Å². The molecule has 5 rings (SSSR count). The number of aryl methyl sites for hydroxylation is 1. The molecule has 2 N–H and O–H groups in total. The number of H-pyrrole nitrogens is 1. The molecule has 1 unspecified atom stereocenters. The lowest BCUT2D eigenvalue weighted by Gasteiger charge is -2.22. The molecule has 1 saturated heterocycles. The smallest absolute Gasteiger partial charge is 0.253 e. The molecule has 1 saturated carbocycles. The number of carbonyl (C=O) groups is 2. The molecule has 2 amide bonds. The predicted molar refractivity (Wildman–Crippen MR) is 145 cm³/mol. The summed E-state index contributed by atoms with van der Waals surface area (Å²) >= 11 is 0. The number of rotatable bonds is 10. The summed E-state index contributed by atoms with van der Waals surface area (Å²) in [6.45, 7) is 3.79. The largest absolute Gasteiger partial charge is 0.492 e. The minimum Gasteiger partial charge on any atom is -0.492 e. The summed E-state index contributed by atoms with van der Waals surface area (Å²) in [7, 11) is 1.51. The zero-order valence-corrected chi connectivity index (χ0v) is 22.3. The van der Waals surface area contributed by atoms with E-state index in [9.17, 15) is 14.4 Å². The molecule has 0 bridgehead atoms. The molecule has 1 aliphatic carbocycles. The van der Waals surface area contributed by atoms with Crippen molar-refractivity contribution in [1.82, 2.24) is 19.7 Å². The van der Waals surface area contributed by atoms with Crippen molar-refractivity contribution in [2.45, 2.75) is 51.3 Å². The summed E-state index contributed by atoms with van der Waals surface area (Å²) < 4.78 is 17.5. The molecule has 3 aromatic rings. The van der Waals surface area contributed by atoms with Crippen LogP contribution in [0.1, 0.15) is 31.2 Å². The Balaban J connectivity index is 0.000000333. The highest BCUT2D eigenvalue weighted by Gasteiger charge is 2.32. The van der Waals surface area contributed by atoms with E-state index in [1.165, 1.54) is 24.8 Å². The van der Waals surface area contributed by atoms with Crippen molar-refractivity contribution in [3.8, 4) is 11.6 Å². The van der Waals surface area contributed by atoms with Crippen LogP contribution in [0.3, 0.4) is 0 Å². The number of aromatic nitrogens is 3. The van der Waals surface area contributed by atoms with E-state index in [-0.39, 0.29) is 29.8 Å². The Kier molecular flexibility index (Phi) is 9.74. The minimum absolute atomic E-state index is 0.00473. The Morgan fingerprint density at radius 2 is 2.00 bits per heavy atom. The van der Waals surface area contributed by atoms with Crippen LogP contribution in [0.4, 0.5) is 5.69 Å². The average molecular weight is 538 g/mol. The number of anilines is 1. The van der Waals surface area contributed by atoms with Crippen molar-refractivity contribution in [3.63, 3.8) is 0 Å². The third kappa shape index (κ3) is 8.71. The molecule has 208 valence electrons. The van der Waals surface area contributed by atoms with Crippen LogP contribution in [0.5, 0.6) is 11.6 Å². The van der Waals surface area contributed by atoms with E-state index in [2.05, 4.69) is 15.4 Å². The first kappa shape index (κ1) is 27.9. The fraction of sp³-hybridized carbons (Fsp3) is 0.429. The maximum absolute atomic E-state index is 12.8. The lowest BCUT2D eigenvalue weighted by Crippen LogP contribution is -2.38. The molecule has 1 aliphatic heterocycles. The van der Waals surface area contributed by atoms with Gasteiger partial charge in [-0.05, 0) is 44.7 Å². The van der Waals surface area contributed by atoms with Crippen LogP contribution in [-0.2, 0) is 20.9 Å². The number of hydrogen-bond acceptors (Lipinski definition) is 7. The Morgan fingerprint density at radius 3 is 2.64 bits per heavy atom. The first-order chi connectivity index (χ1) is 18.9. The first-order valence-electron chi connectivity index (χ1n) is 13.1. The molecule has 2 aliphatic rings. The van der Waals surface area contributed by atoms with Crippen LogP contribution in [0.15, 0.2) is 59.8 Å². The van der Waals surface area contributed by atoms with E-state index in [1.807, 2.05) is 36.1 Å². The molecular weight excluding hydrogens is 502 g/mol. The van der Waals surface area contributed by atoms with Gasteiger partial charge in [-0.1, -0.05) is 17.7 Å². The van der Waals surface area contributed by atoms with Crippen molar-refractivity contribution in [1.29, 1.82) is 0 Å². The number of benzene rings is 1. The van der Waals surface area contributed by atoms with Gasteiger partial charge in [-0.15, -0.1) is 0 Å². The maximum atomic E-state index is 12.8. The standard InChI is InChI=1S/C22H28N4O4.C6H7NO2/c1-16-4-8-19(9-5-16)29-12-10-26(18-6-7-18)21(27)15-25-14-17(13-23-25)24-22(28)20-3-2-11-30-20;1-9-6-4-5(8)2-3-7-6/h4-5,8-9,13-14,18,20H,2-3,6-7,10-12,15H2,1H3,(H,24,28);2-4H,1H3,(H,7,8). The normalized spacial score (nSPS) is 16.1. The van der Waals surface area contributed by atoms with Crippen molar-refractivity contribution in [3.05, 3.63) is 70.8 Å². The Bertz CT molecular complexity index is 1280. The number of aromatic amines is 1. The second-order valence-corrected chi connectivity index (χ2v) is 9.49. The lowest BCUT2D eigenvalue weighted by atomic mass is 10.2. The third-order valence-electron chi connectivity index (χ3n) is 6.32. The van der Waals surface area contributed by atoms with Gasteiger partial charge in [0.25, 0.3) is 5.91 Å². The minimum atomic E-state index is -0.395. The fourth-order valence-electron chi connectivity index (χ4n) is 4.09. The van der Waals surface area contributed by atoms with Gasteiger partial charge in [-0.2, -0.15) is 5.10 Å². The van der Waals surface area contributed by atoms with Crippen LogP contribution in [0, 0.1) is 6.92 Å². The van der Waals surface area contributed by atoms with Crippen LogP contribution in [0.25, 0.3) is 0 Å². The third-order valence-corrected chi connectivity index (χ3v) is 6.32. The van der Waals surface area contributed by atoms with Gasteiger partial charge in [-0.3, -0.25) is 19.1 Å². The zero-order chi connectivity index (χ0) is 27.6. The summed E-state index contributed by atoms with van der Waals surface area (Å²) in [6.07, 6.45) is 8.07. The summed E-state index contributed by atoms with van der Waals surface area (Å²) in [5, 5.41) is 7.02. The quantitative estimate of drug-likeness (QED) is 0.407. The van der Waals surface area contributed by atoms with E-state index in [0.29, 0.717) is 31.3 Å². The van der Waals surface area contributed by atoms with Gasteiger partial charge in [0.1, 0.15) is 25.0 Å². The Labute approximate surface area is 227 Å². The van der Waals surface area contributed by atoms with Gasteiger partial charge >= 0.3 is 0 Å². The van der Waals surface area contributed by atoms with E-state index < -0.39 is 6.10 Å². The van der Waals surface area contributed by atoms with Gasteiger partial charge in [0, 0.05) is 37.2 Å². The highest BCUT2D eigenvalue weighted by atomic mass is 16.5.